The van der Waals surface area contributed by atoms with Gasteiger partial charge in [-0.25, -0.2) is 4.39 Å². The zero-order chi connectivity index (χ0) is 14.0. The van der Waals surface area contributed by atoms with Crippen molar-refractivity contribution in [3.8, 4) is 0 Å². The van der Waals surface area contributed by atoms with Crippen LogP contribution in [0.4, 0.5) is 10.1 Å². The zero-order valence-corrected chi connectivity index (χ0v) is 11.8. The first-order chi connectivity index (χ1) is 8.91. The van der Waals surface area contributed by atoms with Crippen LogP contribution in [-0.2, 0) is 0 Å². The first kappa shape index (κ1) is 14.0. The molecule has 1 aromatic rings. The second-order valence-corrected chi connectivity index (χ2v) is 5.97. The number of rotatable bonds is 2. The molecule has 0 radical (unpaired) electrons. The van der Waals surface area contributed by atoms with Gasteiger partial charge < -0.3 is 4.90 Å². The van der Waals surface area contributed by atoms with Gasteiger partial charge in [0.25, 0.3) is 0 Å². The van der Waals surface area contributed by atoms with Crippen LogP contribution in [0, 0.1) is 5.82 Å². The molecular formula is C15H21FN2O. The van der Waals surface area contributed by atoms with Gasteiger partial charge in [0.1, 0.15) is 12.1 Å². The van der Waals surface area contributed by atoms with Gasteiger partial charge >= 0.3 is 0 Å². The van der Waals surface area contributed by atoms with Gasteiger partial charge in [0.05, 0.1) is 5.69 Å². The van der Waals surface area contributed by atoms with E-state index in [0.717, 1.165) is 26.2 Å². The molecule has 1 aliphatic heterocycles. The van der Waals surface area contributed by atoms with E-state index in [2.05, 4.69) is 25.7 Å². The minimum Gasteiger partial charge on any atom is -0.367 e. The molecule has 0 unspecified atom stereocenters. The van der Waals surface area contributed by atoms with Crippen molar-refractivity contribution in [2.45, 2.75) is 26.3 Å². The molecule has 0 N–H and O–H groups in total. The molecule has 1 fully saturated rings. The highest BCUT2D eigenvalue weighted by Gasteiger charge is 2.26. The number of aldehydes is 1. The topological polar surface area (TPSA) is 23.6 Å². The van der Waals surface area contributed by atoms with Gasteiger partial charge in [0.15, 0.2) is 0 Å². The fourth-order valence-corrected chi connectivity index (χ4v) is 2.47. The summed E-state index contributed by atoms with van der Waals surface area (Å²) in [7, 11) is 0. The predicted octanol–water partition coefficient (Wildman–Crippen LogP) is 2.56. The van der Waals surface area contributed by atoms with Gasteiger partial charge in [-0.1, -0.05) is 0 Å². The summed E-state index contributed by atoms with van der Waals surface area (Å²) < 4.78 is 13.9. The van der Waals surface area contributed by atoms with E-state index in [0.29, 0.717) is 17.5 Å². The highest BCUT2D eigenvalue weighted by atomic mass is 19.1. The predicted molar refractivity (Wildman–Crippen MR) is 75.3 cm³/mol. The lowest BCUT2D eigenvalue weighted by Gasteiger charge is -2.43. The number of anilines is 1. The highest BCUT2D eigenvalue weighted by molar-refractivity contribution is 5.76. The summed E-state index contributed by atoms with van der Waals surface area (Å²) in [5, 5.41) is 0. The van der Waals surface area contributed by atoms with Crippen molar-refractivity contribution in [3.63, 3.8) is 0 Å². The molecule has 0 atom stereocenters. The number of hydrogen-bond donors (Lipinski definition) is 0. The van der Waals surface area contributed by atoms with Crippen LogP contribution in [0.3, 0.4) is 0 Å². The third-order valence-electron chi connectivity index (χ3n) is 3.68. The van der Waals surface area contributed by atoms with Gasteiger partial charge in [0.2, 0.25) is 0 Å². The molecule has 0 bridgehead atoms. The average molecular weight is 264 g/mol. The summed E-state index contributed by atoms with van der Waals surface area (Å²) in [6.45, 7) is 10.1. The van der Waals surface area contributed by atoms with E-state index in [-0.39, 0.29) is 11.4 Å². The van der Waals surface area contributed by atoms with Crippen LogP contribution >= 0.6 is 0 Å². The van der Waals surface area contributed by atoms with Gasteiger partial charge in [-0.15, -0.1) is 0 Å². The number of carbonyl (C=O) groups excluding carboxylic acids is 1. The summed E-state index contributed by atoms with van der Waals surface area (Å²) >= 11 is 0. The van der Waals surface area contributed by atoms with E-state index in [4.69, 9.17) is 0 Å². The molecule has 4 heteroatoms. The molecule has 1 saturated heterocycles. The van der Waals surface area contributed by atoms with E-state index in [1.807, 2.05) is 4.90 Å². The molecule has 1 aromatic carbocycles. The monoisotopic (exact) mass is 264 g/mol. The Bertz CT molecular complexity index is 460. The van der Waals surface area contributed by atoms with Gasteiger partial charge in [0, 0.05) is 37.3 Å². The Morgan fingerprint density at radius 2 is 1.79 bits per heavy atom. The average Bonchev–Trinajstić information content (AvgIpc) is 2.37. The smallest absolute Gasteiger partial charge is 0.150 e. The number of halogens is 1. The first-order valence-corrected chi connectivity index (χ1v) is 6.66. The highest BCUT2D eigenvalue weighted by Crippen LogP contribution is 2.23. The maximum atomic E-state index is 13.9. The van der Waals surface area contributed by atoms with Gasteiger partial charge in [-0.2, -0.15) is 0 Å². The summed E-state index contributed by atoms with van der Waals surface area (Å²) in [4.78, 5) is 15.1. The summed E-state index contributed by atoms with van der Waals surface area (Å²) in [5.74, 6) is -0.311. The first-order valence-electron chi connectivity index (χ1n) is 6.66. The normalized spacial score (nSPS) is 17.6. The molecular weight excluding hydrogens is 243 g/mol. The third-order valence-corrected chi connectivity index (χ3v) is 3.68. The van der Waals surface area contributed by atoms with Crippen molar-refractivity contribution in [1.82, 2.24) is 4.90 Å². The Morgan fingerprint density at radius 1 is 1.16 bits per heavy atom. The lowest BCUT2D eigenvalue weighted by molar-refractivity contribution is 0.112. The molecule has 1 aliphatic rings. The van der Waals surface area contributed by atoms with Crippen molar-refractivity contribution in [1.29, 1.82) is 0 Å². The van der Waals surface area contributed by atoms with E-state index in [1.165, 1.54) is 6.07 Å². The van der Waals surface area contributed by atoms with Crippen molar-refractivity contribution >= 4 is 12.0 Å². The van der Waals surface area contributed by atoms with E-state index in [1.54, 1.807) is 12.1 Å². The second-order valence-electron chi connectivity index (χ2n) is 5.97. The molecule has 0 amide bonds. The van der Waals surface area contributed by atoms with Crippen molar-refractivity contribution in [3.05, 3.63) is 29.6 Å². The van der Waals surface area contributed by atoms with Crippen LogP contribution in [0.25, 0.3) is 0 Å². The lowest BCUT2D eigenvalue weighted by atomic mass is 10.0. The fraction of sp³-hybridized carbons (Fsp3) is 0.533. The quantitative estimate of drug-likeness (QED) is 0.767. The molecule has 1 heterocycles. The summed E-state index contributed by atoms with van der Waals surface area (Å²) in [6.07, 6.45) is 0.671. The Balaban J connectivity index is 2.08. The molecule has 0 aromatic heterocycles. The maximum absolute atomic E-state index is 13.9. The molecule has 0 aliphatic carbocycles. The number of piperazine rings is 1. The Labute approximate surface area is 114 Å². The number of carbonyl (C=O) groups is 1. The SMILES string of the molecule is CC(C)(C)N1CCN(c2ccc(C=O)cc2F)CC1. The summed E-state index contributed by atoms with van der Waals surface area (Å²) in [6, 6.07) is 4.67. The molecule has 3 nitrogen and oxygen atoms in total. The minimum absolute atomic E-state index is 0.159. The Kier molecular flexibility index (Phi) is 3.90. The minimum atomic E-state index is -0.311. The van der Waals surface area contributed by atoms with E-state index < -0.39 is 0 Å². The molecule has 0 saturated carbocycles. The van der Waals surface area contributed by atoms with Crippen LogP contribution < -0.4 is 4.90 Å². The standard InChI is InChI=1S/C15H21FN2O/c1-15(2,3)18-8-6-17(7-9-18)14-5-4-12(11-19)10-13(14)16/h4-5,10-11H,6-9H2,1-3H3. The van der Waals surface area contributed by atoms with Crippen LogP contribution in [0.1, 0.15) is 31.1 Å². The summed E-state index contributed by atoms with van der Waals surface area (Å²) in [5.41, 5.74) is 1.14. The van der Waals surface area contributed by atoms with Crippen molar-refractivity contribution < 1.29 is 9.18 Å². The van der Waals surface area contributed by atoms with Crippen LogP contribution in [0.15, 0.2) is 18.2 Å². The molecule has 19 heavy (non-hydrogen) atoms. The zero-order valence-electron chi connectivity index (χ0n) is 11.8. The Hall–Kier alpha value is -1.42. The lowest BCUT2D eigenvalue weighted by Crippen LogP contribution is -2.53. The fourth-order valence-electron chi connectivity index (χ4n) is 2.47. The molecule has 0 spiro atoms. The second kappa shape index (κ2) is 5.29. The number of benzene rings is 1. The maximum Gasteiger partial charge on any atom is 0.150 e. The van der Waals surface area contributed by atoms with E-state index >= 15 is 0 Å². The van der Waals surface area contributed by atoms with Crippen LogP contribution in [0.5, 0.6) is 0 Å². The molecule has 104 valence electrons. The van der Waals surface area contributed by atoms with Gasteiger partial charge in [-0.05, 0) is 39.0 Å². The number of hydrogen-bond acceptors (Lipinski definition) is 3. The molecule has 2 rings (SSSR count). The van der Waals surface area contributed by atoms with Crippen LogP contribution in [0.2, 0.25) is 0 Å². The van der Waals surface area contributed by atoms with Crippen LogP contribution in [-0.4, -0.2) is 42.9 Å². The third kappa shape index (κ3) is 3.13. The number of nitrogens with zero attached hydrogens (tertiary/aromatic N) is 2. The van der Waals surface area contributed by atoms with E-state index in [9.17, 15) is 9.18 Å². The largest absolute Gasteiger partial charge is 0.367 e. The van der Waals surface area contributed by atoms with Crippen molar-refractivity contribution in [2.75, 3.05) is 31.1 Å². The van der Waals surface area contributed by atoms with Gasteiger partial charge in [-0.3, -0.25) is 9.69 Å². The van der Waals surface area contributed by atoms with Crippen molar-refractivity contribution in [2.24, 2.45) is 0 Å². The Morgan fingerprint density at radius 3 is 2.26 bits per heavy atom.